The normalized spacial score (nSPS) is 29.7. The van der Waals surface area contributed by atoms with Crippen LogP contribution in [0.4, 0.5) is 0 Å². The second-order valence-corrected chi connectivity index (χ2v) is 5.61. The molecular weight excluding hydrogens is 202 g/mol. The second kappa shape index (κ2) is 4.74. The van der Waals surface area contributed by atoms with Gasteiger partial charge in [0.1, 0.15) is 0 Å². The average Bonchev–Trinajstić information content (AvgIpc) is 2.93. The van der Waals surface area contributed by atoms with Crippen LogP contribution in [0, 0.1) is 17.3 Å². The number of hydrogen-bond acceptors (Lipinski definition) is 3. The molecule has 1 N–H and O–H groups in total. The first-order valence-corrected chi connectivity index (χ1v) is 6.53. The molecule has 92 valence electrons. The Hall–Kier alpha value is -0.570. The third-order valence-corrected chi connectivity index (χ3v) is 4.16. The monoisotopic (exact) mass is 225 g/mol. The van der Waals surface area contributed by atoms with Gasteiger partial charge in [-0.15, -0.1) is 0 Å². The van der Waals surface area contributed by atoms with Crippen molar-refractivity contribution in [3.63, 3.8) is 0 Å². The van der Waals surface area contributed by atoms with Gasteiger partial charge in [0, 0.05) is 6.54 Å². The van der Waals surface area contributed by atoms with E-state index in [1.807, 2.05) is 0 Å². The highest BCUT2D eigenvalue weighted by molar-refractivity contribution is 5.78. The van der Waals surface area contributed by atoms with Crippen molar-refractivity contribution in [1.29, 1.82) is 0 Å². The molecule has 0 amide bonds. The Labute approximate surface area is 97.9 Å². The van der Waals surface area contributed by atoms with E-state index < -0.39 is 0 Å². The van der Waals surface area contributed by atoms with Gasteiger partial charge in [0.25, 0.3) is 0 Å². The standard InChI is InChI=1S/C13H23NO2/c1-10(2)13(6-7-14-9-13)12(15)16-8-5-11-3-4-11/h10-11,14H,3-9H2,1-2H3. The number of nitrogens with one attached hydrogen (secondary N) is 1. The lowest BCUT2D eigenvalue weighted by atomic mass is 9.76. The first-order chi connectivity index (χ1) is 7.65. The van der Waals surface area contributed by atoms with Crippen molar-refractivity contribution in [2.45, 2.75) is 39.5 Å². The Morgan fingerprint density at radius 2 is 2.25 bits per heavy atom. The molecule has 0 aromatic rings. The van der Waals surface area contributed by atoms with Gasteiger partial charge in [-0.3, -0.25) is 4.79 Å². The minimum absolute atomic E-state index is 0.0214. The number of esters is 1. The van der Waals surface area contributed by atoms with E-state index in [1.165, 1.54) is 12.8 Å². The van der Waals surface area contributed by atoms with E-state index >= 15 is 0 Å². The average molecular weight is 225 g/mol. The van der Waals surface area contributed by atoms with Gasteiger partial charge in [0.15, 0.2) is 0 Å². The molecular formula is C13H23NO2. The summed E-state index contributed by atoms with van der Waals surface area (Å²) < 4.78 is 5.46. The fourth-order valence-electron chi connectivity index (χ4n) is 2.48. The molecule has 2 aliphatic rings. The number of hydrogen-bond donors (Lipinski definition) is 1. The fraction of sp³-hybridized carbons (Fsp3) is 0.923. The molecule has 3 nitrogen and oxygen atoms in total. The first-order valence-electron chi connectivity index (χ1n) is 6.53. The van der Waals surface area contributed by atoms with Crippen LogP contribution in [0.5, 0.6) is 0 Å². The predicted molar refractivity (Wildman–Crippen MR) is 63.1 cm³/mol. The van der Waals surface area contributed by atoms with Crippen molar-refractivity contribution in [3.8, 4) is 0 Å². The lowest BCUT2D eigenvalue weighted by Crippen LogP contribution is -2.40. The number of rotatable bonds is 5. The fourth-order valence-corrected chi connectivity index (χ4v) is 2.48. The largest absolute Gasteiger partial charge is 0.465 e. The highest BCUT2D eigenvalue weighted by Crippen LogP contribution is 2.36. The SMILES string of the molecule is CC(C)C1(C(=O)OCCC2CC2)CCNC1. The van der Waals surface area contributed by atoms with Gasteiger partial charge in [-0.25, -0.2) is 0 Å². The van der Waals surface area contributed by atoms with E-state index in [-0.39, 0.29) is 11.4 Å². The molecule has 1 heterocycles. The molecule has 1 saturated heterocycles. The van der Waals surface area contributed by atoms with Crippen molar-refractivity contribution in [3.05, 3.63) is 0 Å². The summed E-state index contributed by atoms with van der Waals surface area (Å²) in [6, 6.07) is 0. The van der Waals surface area contributed by atoms with Gasteiger partial charge in [-0.2, -0.15) is 0 Å². The molecule has 0 bridgehead atoms. The maximum absolute atomic E-state index is 12.1. The van der Waals surface area contributed by atoms with E-state index in [0.717, 1.165) is 31.8 Å². The molecule has 0 aromatic heterocycles. The van der Waals surface area contributed by atoms with Gasteiger partial charge in [0.05, 0.1) is 12.0 Å². The molecule has 2 fully saturated rings. The lowest BCUT2D eigenvalue weighted by molar-refractivity contribution is -0.157. The minimum Gasteiger partial charge on any atom is -0.465 e. The van der Waals surface area contributed by atoms with Gasteiger partial charge in [-0.1, -0.05) is 26.7 Å². The Morgan fingerprint density at radius 3 is 2.75 bits per heavy atom. The molecule has 1 aliphatic heterocycles. The Bertz CT molecular complexity index is 253. The molecule has 1 aliphatic carbocycles. The van der Waals surface area contributed by atoms with E-state index in [2.05, 4.69) is 19.2 Å². The third-order valence-electron chi connectivity index (χ3n) is 4.16. The third kappa shape index (κ3) is 2.40. The summed E-state index contributed by atoms with van der Waals surface area (Å²) in [5.41, 5.74) is -0.260. The zero-order valence-electron chi connectivity index (χ0n) is 10.4. The summed E-state index contributed by atoms with van der Waals surface area (Å²) in [5.74, 6) is 1.22. The van der Waals surface area contributed by atoms with E-state index in [0.29, 0.717) is 12.5 Å². The summed E-state index contributed by atoms with van der Waals surface area (Å²) in [6.07, 6.45) is 4.64. The Morgan fingerprint density at radius 1 is 1.50 bits per heavy atom. The summed E-state index contributed by atoms with van der Waals surface area (Å²) in [6.45, 7) is 6.59. The smallest absolute Gasteiger partial charge is 0.313 e. The van der Waals surface area contributed by atoms with Gasteiger partial charge >= 0.3 is 5.97 Å². The lowest BCUT2D eigenvalue weighted by Gasteiger charge is -2.29. The number of carbonyl (C=O) groups is 1. The topological polar surface area (TPSA) is 38.3 Å². The van der Waals surface area contributed by atoms with Crippen LogP contribution in [0.2, 0.25) is 0 Å². The highest BCUT2D eigenvalue weighted by Gasteiger charge is 2.45. The van der Waals surface area contributed by atoms with E-state index in [9.17, 15) is 4.79 Å². The van der Waals surface area contributed by atoms with Crippen molar-refractivity contribution >= 4 is 5.97 Å². The van der Waals surface area contributed by atoms with Gasteiger partial charge < -0.3 is 10.1 Å². The molecule has 2 rings (SSSR count). The minimum atomic E-state index is -0.260. The predicted octanol–water partition coefficient (Wildman–Crippen LogP) is 1.97. The van der Waals surface area contributed by atoms with Crippen LogP contribution in [0.3, 0.4) is 0 Å². The molecule has 0 spiro atoms. The summed E-state index contributed by atoms with van der Waals surface area (Å²) in [5, 5.41) is 3.29. The maximum atomic E-state index is 12.1. The van der Waals surface area contributed by atoms with Crippen molar-refractivity contribution < 1.29 is 9.53 Å². The zero-order chi connectivity index (χ0) is 11.6. The quantitative estimate of drug-likeness (QED) is 0.727. The number of ether oxygens (including phenoxy) is 1. The maximum Gasteiger partial charge on any atom is 0.313 e. The second-order valence-electron chi connectivity index (χ2n) is 5.61. The summed E-state index contributed by atoms with van der Waals surface area (Å²) in [7, 11) is 0. The molecule has 3 heteroatoms. The van der Waals surface area contributed by atoms with Gasteiger partial charge in [0.2, 0.25) is 0 Å². The Kier molecular flexibility index (Phi) is 3.53. The zero-order valence-corrected chi connectivity index (χ0v) is 10.4. The molecule has 1 unspecified atom stereocenters. The number of carbonyl (C=O) groups excluding carboxylic acids is 1. The van der Waals surface area contributed by atoms with Crippen LogP contribution in [-0.2, 0) is 9.53 Å². The molecule has 1 atom stereocenters. The Balaban J connectivity index is 1.84. The van der Waals surface area contributed by atoms with Crippen LogP contribution >= 0.6 is 0 Å². The van der Waals surface area contributed by atoms with E-state index in [4.69, 9.17) is 4.74 Å². The highest BCUT2D eigenvalue weighted by atomic mass is 16.5. The van der Waals surface area contributed by atoms with E-state index in [1.54, 1.807) is 0 Å². The van der Waals surface area contributed by atoms with Crippen LogP contribution < -0.4 is 5.32 Å². The van der Waals surface area contributed by atoms with Crippen LogP contribution in [0.15, 0.2) is 0 Å². The summed E-state index contributed by atoms with van der Waals surface area (Å²) >= 11 is 0. The van der Waals surface area contributed by atoms with Crippen LogP contribution in [0.1, 0.15) is 39.5 Å². The molecule has 0 aromatic carbocycles. The molecule has 1 saturated carbocycles. The van der Waals surface area contributed by atoms with Gasteiger partial charge in [-0.05, 0) is 31.2 Å². The van der Waals surface area contributed by atoms with Crippen LogP contribution in [-0.4, -0.2) is 25.7 Å². The van der Waals surface area contributed by atoms with Crippen molar-refractivity contribution in [2.24, 2.45) is 17.3 Å². The van der Waals surface area contributed by atoms with Crippen LogP contribution in [0.25, 0.3) is 0 Å². The molecule has 16 heavy (non-hydrogen) atoms. The van der Waals surface area contributed by atoms with Crippen molar-refractivity contribution in [1.82, 2.24) is 5.32 Å². The first kappa shape index (κ1) is 11.9. The summed E-state index contributed by atoms with van der Waals surface area (Å²) in [4.78, 5) is 12.1. The van der Waals surface area contributed by atoms with Crippen molar-refractivity contribution in [2.75, 3.05) is 19.7 Å². The molecule has 0 radical (unpaired) electrons.